The van der Waals surface area contributed by atoms with Crippen molar-refractivity contribution in [3.8, 4) is 11.5 Å². The number of aromatic hydroxyl groups is 1. The van der Waals surface area contributed by atoms with Crippen LogP contribution in [-0.2, 0) is 19.2 Å². The van der Waals surface area contributed by atoms with Gasteiger partial charge in [-0.15, -0.1) is 0 Å². The number of nitro groups is 1. The monoisotopic (exact) mass is 659 g/mol. The van der Waals surface area contributed by atoms with Gasteiger partial charge in [0.1, 0.15) is 5.82 Å². The number of fused-ring (bicyclic) bond motifs is 4. The Morgan fingerprint density at radius 2 is 1.70 bits per heavy atom. The summed E-state index contributed by atoms with van der Waals surface area (Å²) in [5.41, 5.74) is -0.680. The van der Waals surface area contributed by atoms with Crippen molar-refractivity contribution < 1.29 is 38.3 Å². The Morgan fingerprint density at radius 1 is 0.979 bits per heavy atom. The molecule has 6 unspecified atom stereocenters. The zero-order chi connectivity index (χ0) is 33.5. The van der Waals surface area contributed by atoms with Crippen molar-refractivity contribution >= 4 is 52.3 Å². The number of hydrogen-bond acceptors (Lipinski definition) is 8. The molecule has 0 radical (unpaired) electrons. The van der Waals surface area contributed by atoms with Crippen LogP contribution in [0.3, 0.4) is 0 Å². The smallest absolute Gasteiger partial charge is 0.271 e. The summed E-state index contributed by atoms with van der Waals surface area (Å²) in [6, 6.07) is 13.7. The number of nitrogens with zero attached hydrogens (tertiary/aromatic N) is 3. The third-order valence-electron chi connectivity index (χ3n) is 10.3. The van der Waals surface area contributed by atoms with Crippen LogP contribution in [0, 0.1) is 45.0 Å². The minimum atomic E-state index is -1.47. The first-order valence-electron chi connectivity index (χ1n) is 14.9. The van der Waals surface area contributed by atoms with Crippen molar-refractivity contribution in [1.29, 1.82) is 0 Å². The third-order valence-corrected chi connectivity index (χ3v) is 10.6. The number of carbonyl (C=O) groups excluding carboxylic acids is 4. The van der Waals surface area contributed by atoms with Crippen molar-refractivity contribution in [2.75, 3.05) is 16.9 Å². The number of hydrogen-bond donors (Lipinski definition) is 1. The number of benzene rings is 3. The van der Waals surface area contributed by atoms with Crippen LogP contribution in [0.15, 0.2) is 72.3 Å². The lowest BCUT2D eigenvalue weighted by Crippen LogP contribution is -2.48. The molecule has 2 heterocycles. The maximum Gasteiger partial charge on any atom is 0.271 e. The zero-order valence-corrected chi connectivity index (χ0v) is 25.8. The second-order valence-corrected chi connectivity index (χ2v) is 12.9. The topological polar surface area (TPSA) is 147 Å². The number of carbonyl (C=O) groups is 4. The molecule has 11 nitrogen and oxygen atoms in total. The highest BCUT2D eigenvalue weighted by molar-refractivity contribution is 6.32. The summed E-state index contributed by atoms with van der Waals surface area (Å²) in [4.78, 5) is 69.5. The first-order valence-corrected chi connectivity index (χ1v) is 15.3. The lowest BCUT2D eigenvalue weighted by Gasteiger charge is -2.49. The van der Waals surface area contributed by atoms with Crippen molar-refractivity contribution in [1.82, 2.24) is 0 Å². The molecule has 7 rings (SSSR count). The van der Waals surface area contributed by atoms with Gasteiger partial charge < -0.3 is 9.84 Å². The molecule has 2 aliphatic heterocycles. The number of anilines is 2. The molecule has 0 spiro atoms. The largest absolute Gasteiger partial charge is 0.504 e. The van der Waals surface area contributed by atoms with Gasteiger partial charge in [-0.25, -0.2) is 14.2 Å². The number of ether oxygens (including phenoxy) is 1. The molecule has 4 aliphatic rings. The summed E-state index contributed by atoms with van der Waals surface area (Å²) in [7, 11) is 1.38. The van der Waals surface area contributed by atoms with E-state index in [-0.39, 0.29) is 46.4 Å². The van der Waals surface area contributed by atoms with E-state index in [1.54, 1.807) is 25.1 Å². The first kappa shape index (κ1) is 30.5. The molecule has 0 bridgehead atoms. The number of allylic oxidation sites excluding steroid dienone is 2. The number of rotatable bonds is 5. The van der Waals surface area contributed by atoms with Gasteiger partial charge in [0, 0.05) is 23.6 Å². The van der Waals surface area contributed by atoms with Gasteiger partial charge >= 0.3 is 0 Å². The van der Waals surface area contributed by atoms with Crippen molar-refractivity contribution in [3.05, 3.63) is 98.8 Å². The lowest BCUT2D eigenvalue weighted by molar-refractivity contribution is -0.384. The molecule has 6 atom stereocenters. The normalized spacial score (nSPS) is 28.2. The van der Waals surface area contributed by atoms with E-state index in [4.69, 9.17) is 16.3 Å². The van der Waals surface area contributed by atoms with Crippen molar-refractivity contribution in [2.24, 2.45) is 29.1 Å². The molecule has 1 N–H and O–H groups in total. The van der Waals surface area contributed by atoms with Crippen LogP contribution in [0.1, 0.15) is 31.2 Å². The average molecular weight is 660 g/mol. The molecule has 47 heavy (non-hydrogen) atoms. The van der Waals surface area contributed by atoms with Crippen LogP contribution in [0.2, 0.25) is 5.02 Å². The molecule has 2 aliphatic carbocycles. The number of phenols is 1. The molecule has 13 heteroatoms. The second kappa shape index (κ2) is 10.7. The minimum absolute atomic E-state index is 0.0303. The average Bonchev–Trinajstić information content (AvgIpc) is 3.42. The van der Waals surface area contributed by atoms with Gasteiger partial charge in [0.15, 0.2) is 11.5 Å². The van der Waals surface area contributed by atoms with Crippen LogP contribution in [0.5, 0.6) is 11.5 Å². The molecule has 2 saturated heterocycles. The minimum Gasteiger partial charge on any atom is -0.504 e. The number of non-ortho nitro benzene ring substituents is 1. The van der Waals surface area contributed by atoms with Gasteiger partial charge in [0.25, 0.3) is 5.69 Å². The predicted molar refractivity (Wildman–Crippen MR) is 166 cm³/mol. The van der Waals surface area contributed by atoms with Crippen LogP contribution in [0.25, 0.3) is 0 Å². The van der Waals surface area contributed by atoms with E-state index < -0.39 is 69.4 Å². The van der Waals surface area contributed by atoms with E-state index in [9.17, 15) is 38.8 Å². The maximum absolute atomic E-state index is 14.5. The highest BCUT2D eigenvalue weighted by Crippen LogP contribution is 2.65. The van der Waals surface area contributed by atoms with Crippen molar-refractivity contribution in [3.63, 3.8) is 0 Å². The number of amides is 4. The zero-order valence-electron chi connectivity index (χ0n) is 25.1. The predicted octanol–water partition coefficient (Wildman–Crippen LogP) is 5.54. The summed E-state index contributed by atoms with van der Waals surface area (Å²) < 4.78 is 19.5. The molecule has 3 fully saturated rings. The van der Waals surface area contributed by atoms with Gasteiger partial charge in [-0.05, 0) is 56.0 Å². The standard InChI is InChI=1S/C34H27ClFN3O8/c1-34-23(31(42)38(33(34)44)17-9-12-25(36)24(35)14-17)15-22-19(28(34)21-7-4-8-26(47-2)29(21)40)10-11-20-27(22)32(43)37(30(20)41)16-5-3-6-18(13-16)39(45)46/h3-10,12-14,20,22-23,27-28,40H,11,15H2,1-2H3. The van der Waals surface area contributed by atoms with E-state index in [1.165, 1.54) is 43.5 Å². The number of phenolic OH excluding ortho intramolecular Hbond substituents is 1. The molecule has 3 aromatic rings. The molecule has 0 aromatic heterocycles. The first-order chi connectivity index (χ1) is 22.4. The number of para-hydroxylation sites is 1. The van der Waals surface area contributed by atoms with Gasteiger partial charge in [0.2, 0.25) is 23.6 Å². The summed E-state index contributed by atoms with van der Waals surface area (Å²) >= 11 is 6.04. The Balaban J connectivity index is 1.38. The Morgan fingerprint density at radius 3 is 2.40 bits per heavy atom. The Hall–Kier alpha value is -5.10. The fourth-order valence-corrected chi connectivity index (χ4v) is 8.34. The number of halogens is 2. The summed E-state index contributed by atoms with van der Waals surface area (Å²) in [5.74, 6) is -7.43. The van der Waals surface area contributed by atoms with Crippen LogP contribution < -0.4 is 14.5 Å². The maximum atomic E-state index is 14.5. The van der Waals surface area contributed by atoms with Crippen LogP contribution >= 0.6 is 11.6 Å². The van der Waals surface area contributed by atoms with Gasteiger partial charge in [-0.1, -0.05) is 41.4 Å². The van der Waals surface area contributed by atoms with Gasteiger partial charge in [0.05, 0.1) is 51.6 Å². The highest BCUT2D eigenvalue weighted by atomic mass is 35.5. The molecule has 1 saturated carbocycles. The van der Waals surface area contributed by atoms with Gasteiger partial charge in [-0.2, -0.15) is 0 Å². The highest BCUT2D eigenvalue weighted by Gasteiger charge is 2.68. The lowest BCUT2D eigenvalue weighted by atomic mass is 9.51. The van der Waals surface area contributed by atoms with Crippen molar-refractivity contribution in [2.45, 2.75) is 25.7 Å². The molecular formula is C34H27ClFN3O8. The number of nitro benzene ring substituents is 1. The van der Waals surface area contributed by atoms with Crippen LogP contribution in [0.4, 0.5) is 21.5 Å². The van der Waals surface area contributed by atoms with E-state index in [1.807, 2.05) is 6.08 Å². The fraction of sp³-hybridized carbons (Fsp3) is 0.294. The summed E-state index contributed by atoms with van der Waals surface area (Å²) in [6.45, 7) is 1.65. The number of methoxy groups -OCH3 is 1. The van der Waals surface area contributed by atoms with Crippen LogP contribution in [-0.4, -0.2) is 40.8 Å². The summed E-state index contributed by atoms with van der Waals surface area (Å²) in [5, 5.41) is 22.6. The Bertz CT molecular complexity index is 1960. The van der Waals surface area contributed by atoms with E-state index >= 15 is 0 Å². The molecule has 3 aromatic carbocycles. The second-order valence-electron chi connectivity index (χ2n) is 12.4. The van der Waals surface area contributed by atoms with E-state index in [2.05, 4.69) is 0 Å². The molecule has 4 amide bonds. The third kappa shape index (κ3) is 4.23. The van der Waals surface area contributed by atoms with Gasteiger partial charge in [-0.3, -0.25) is 29.3 Å². The Labute approximate surface area is 272 Å². The Kier molecular flexibility index (Phi) is 6.97. The number of imide groups is 2. The molecular weight excluding hydrogens is 633 g/mol. The molecule has 240 valence electrons. The van der Waals surface area contributed by atoms with E-state index in [0.29, 0.717) is 11.1 Å². The fourth-order valence-electron chi connectivity index (χ4n) is 8.17. The summed E-state index contributed by atoms with van der Waals surface area (Å²) in [6.07, 6.45) is 1.98. The van der Waals surface area contributed by atoms with E-state index in [0.717, 1.165) is 15.9 Å². The SMILES string of the molecule is COc1cccc(C2C3=CCC4C(=O)N(c5cccc([N+](=O)[O-])c5)C(=O)C4C3CC3C(=O)N(c4ccc(F)c(Cl)c4)C(=O)C32C)c1O. The quantitative estimate of drug-likeness (QED) is 0.163.